The average molecular weight is 306 g/mol. The van der Waals surface area contributed by atoms with Crippen LogP contribution in [0.1, 0.15) is 29.2 Å². The van der Waals surface area contributed by atoms with Gasteiger partial charge in [-0.15, -0.1) is 0 Å². The highest BCUT2D eigenvalue weighted by atomic mass is 15.2. The second-order valence-corrected chi connectivity index (χ2v) is 7.18. The van der Waals surface area contributed by atoms with Gasteiger partial charge in [0.25, 0.3) is 0 Å². The smallest absolute Gasteiger partial charge is 0.0366 e. The van der Waals surface area contributed by atoms with Crippen LogP contribution < -0.4 is 5.32 Å². The van der Waals surface area contributed by atoms with Crippen molar-refractivity contribution < 1.29 is 0 Å². The fraction of sp³-hybridized carbons (Fsp3) is 0.429. The highest BCUT2D eigenvalue weighted by molar-refractivity contribution is 5.30. The zero-order valence-corrected chi connectivity index (χ0v) is 13.9. The Balaban J connectivity index is 1.51. The zero-order chi connectivity index (χ0) is 15.6. The summed E-state index contributed by atoms with van der Waals surface area (Å²) in [5.41, 5.74) is 4.36. The second kappa shape index (κ2) is 6.46. The lowest BCUT2D eigenvalue weighted by atomic mass is 9.79. The fourth-order valence-corrected chi connectivity index (χ4v) is 4.49. The maximum absolute atomic E-state index is 3.81. The van der Waals surface area contributed by atoms with Crippen LogP contribution in [-0.2, 0) is 6.54 Å². The average Bonchev–Trinajstić information content (AvgIpc) is 2.99. The van der Waals surface area contributed by atoms with E-state index in [-0.39, 0.29) is 0 Å². The van der Waals surface area contributed by atoms with E-state index >= 15 is 0 Å². The van der Waals surface area contributed by atoms with E-state index in [2.05, 4.69) is 71.7 Å². The minimum atomic E-state index is 0.524. The molecule has 2 saturated heterocycles. The van der Waals surface area contributed by atoms with Crippen LogP contribution in [-0.4, -0.2) is 24.5 Å². The van der Waals surface area contributed by atoms with Crippen molar-refractivity contribution in [2.75, 3.05) is 19.6 Å². The van der Waals surface area contributed by atoms with Crippen LogP contribution in [0.25, 0.3) is 0 Å². The quantitative estimate of drug-likeness (QED) is 0.928. The molecule has 2 aliphatic heterocycles. The molecule has 2 nitrogen and oxygen atoms in total. The summed E-state index contributed by atoms with van der Waals surface area (Å²) in [4.78, 5) is 2.66. The predicted octanol–water partition coefficient (Wildman–Crippen LogP) is 3.78. The molecule has 0 aliphatic carbocycles. The Morgan fingerprint density at radius 2 is 1.78 bits per heavy atom. The summed E-state index contributed by atoms with van der Waals surface area (Å²) < 4.78 is 0. The van der Waals surface area contributed by atoms with Gasteiger partial charge in [-0.25, -0.2) is 0 Å². The SMILES string of the molecule is Cc1ccccc1C1NCCC2CN(Cc3ccccc3)C[C@H]21. The van der Waals surface area contributed by atoms with Crippen molar-refractivity contribution in [3.05, 3.63) is 71.3 Å². The third-order valence-corrected chi connectivity index (χ3v) is 5.65. The molecule has 1 N–H and O–H groups in total. The molecular formula is C21H26N2. The number of benzene rings is 2. The normalized spacial score (nSPS) is 27.8. The van der Waals surface area contributed by atoms with Gasteiger partial charge in [0.1, 0.15) is 0 Å². The number of nitrogens with zero attached hydrogens (tertiary/aromatic N) is 1. The van der Waals surface area contributed by atoms with Crippen LogP contribution in [0.5, 0.6) is 0 Å². The minimum absolute atomic E-state index is 0.524. The number of likely N-dealkylation sites (tertiary alicyclic amines) is 1. The first-order chi connectivity index (χ1) is 11.3. The van der Waals surface area contributed by atoms with Crippen molar-refractivity contribution in [3.63, 3.8) is 0 Å². The van der Waals surface area contributed by atoms with Crippen LogP contribution in [0.3, 0.4) is 0 Å². The zero-order valence-electron chi connectivity index (χ0n) is 13.9. The van der Waals surface area contributed by atoms with Gasteiger partial charge < -0.3 is 5.32 Å². The predicted molar refractivity (Wildman–Crippen MR) is 95.2 cm³/mol. The topological polar surface area (TPSA) is 15.3 Å². The molecule has 0 saturated carbocycles. The van der Waals surface area contributed by atoms with E-state index in [0.717, 1.165) is 24.9 Å². The lowest BCUT2D eigenvalue weighted by molar-refractivity contribution is 0.239. The Morgan fingerprint density at radius 3 is 2.61 bits per heavy atom. The van der Waals surface area contributed by atoms with E-state index in [1.807, 2.05) is 0 Å². The fourth-order valence-electron chi connectivity index (χ4n) is 4.49. The number of nitrogens with one attached hydrogen (secondary N) is 1. The Bertz CT molecular complexity index is 652. The van der Waals surface area contributed by atoms with Crippen molar-refractivity contribution in [3.8, 4) is 0 Å². The maximum Gasteiger partial charge on any atom is 0.0366 e. The van der Waals surface area contributed by atoms with Crippen molar-refractivity contribution >= 4 is 0 Å². The molecule has 2 unspecified atom stereocenters. The molecule has 2 aliphatic rings. The van der Waals surface area contributed by atoms with Crippen LogP contribution in [0.15, 0.2) is 54.6 Å². The molecule has 0 bridgehead atoms. The summed E-state index contributed by atoms with van der Waals surface area (Å²) in [7, 11) is 0. The van der Waals surface area contributed by atoms with Crippen molar-refractivity contribution in [2.45, 2.75) is 25.9 Å². The number of aryl methyl sites for hydroxylation is 1. The summed E-state index contributed by atoms with van der Waals surface area (Å²) in [6.45, 7) is 6.96. The summed E-state index contributed by atoms with van der Waals surface area (Å²) in [5.74, 6) is 1.58. The molecule has 0 aromatic heterocycles. The van der Waals surface area contributed by atoms with Gasteiger partial charge in [-0.05, 0) is 48.4 Å². The van der Waals surface area contributed by atoms with Gasteiger partial charge >= 0.3 is 0 Å². The highest BCUT2D eigenvalue weighted by Gasteiger charge is 2.40. The van der Waals surface area contributed by atoms with Crippen molar-refractivity contribution in [2.24, 2.45) is 11.8 Å². The van der Waals surface area contributed by atoms with Gasteiger partial charge in [0.15, 0.2) is 0 Å². The lowest BCUT2D eigenvalue weighted by Gasteiger charge is -2.35. The van der Waals surface area contributed by atoms with Crippen molar-refractivity contribution in [1.82, 2.24) is 10.2 Å². The van der Waals surface area contributed by atoms with E-state index in [0.29, 0.717) is 6.04 Å². The van der Waals surface area contributed by atoms with Gasteiger partial charge in [0.2, 0.25) is 0 Å². The van der Waals surface area contributed by atoms with Gasteiger partial charge in [-0.2, -0.15) is 0 Å². The third-order valence-electron chi connectivity index (χ3n) is 5.65. The molecule has 2 heterocycles. The molecule has 2 aromatic rings. The van der Waals surface area contributed by atoms with E-state index < -0.39 is 0 Å². The molecule has 0 spiro atoms. The number of rotatable bonds is 3. The van der Waals surface area contributed by atoms with Gasteiger partial charge in [-0.3, -0.25) is 4.90 Å². The van der Waals surface area contributed by atoms with E-state index in [1.165, 1.54) is 36.2 Å². The number of hydrogen-bond acceptors (Lipinski definition) is 2. The van der Waals surface area contributed by atoms with Gasteiger partial charge in [0.05, 0.1) is 0 Å². The summed E-state index contributed by atoms with van der Waals surface area (Å²) in [6.07, 6.45) is 1.32. The molecule has 23 heavy (non-hydrogen) atoms. The second-order valence-electron chi connectivity index (χ2n) is 7.18. The maximum atomic E-state index is 3.81. The number of hydrogen-bond donors (Lipinski definition) is 1. The lowest BCUT2D eigenvalue weighted by Crippen LogP contribution is -2.39. The molecule has 2 heteroatoms. The van der Waals surface area contributed by atoms with Crippen LogP contribution >= 0.6 is 0 Å². The molecule has 0 amide bonds. The van der Waals surface area contributed by atoms with E-state index in [1.54, 1.807) is 0 Å². The largest absolute Gasteiger partial charge is 0.310 e. The standard InChI is InChI=1S/C21H26N2/c1-16-7-5-6-10-19(16)21-20-15-23(14-18(20)11-12-22-21)13-17-8-3-2-4-9-17/h2-10,18,20-22H,11-15H2,1H3/t18?,20-,21?/m1/s1. The number of piperidine rings is 1. The minimum Gasteiger partial charge on any atom is -0.310 e. The Hall–Kier alpha value is -1.64. The summed E-state index contributed by atoms with van der Waals surface area (Å²) in [5, 5.41) is 3.81. The Morgan fingerprint density at radius 1 is 1.00 bits per heavy atom. The van der Waals surface area contributed by atoms with Gasteiger partial charge in [-0.1, -0.05) is 54.6 Å². The van der Waals surface area contributed by atoms with Crippen LogP contribution in [0.2, 0.25) is 0 Å². The number of fused-ring (bicyclic) bond motifs is 1. The molecule has 0 radical (unpaired) electrons. The summed E-state index contributed by atoms with van der Waals surface area (Å²) >= 11 is 0. The Kier molecular flexibility index (Phi) is 4.19. The van der Waals surface area contributed by atoms with Crippen LogP contribution in [0, 0.1) is 18.8 Å². The molecular weight excluding hydrogens is 280 g/mol. The highest BCUT2D eigenvalue weighted by Crippen LogP contribution is 2.40. The molecule has 2 fully saturated rings. The first kappa shape index (κ1) is 14.9. The van der Waals surface area contributed by atoms with E-state index in [9.17, 15) is 0 Å². The van der Waals surface area contributed by atoms with Gasteiger partial charge in [0, 0.05) is 25.7 Å². The molecule has 2 aromatic carbocycles. The third kappa shape index (κ3) is 3.06. The molecule has 120 valence electrons. The molecule has 3 atom stereocenters. The van der Waals surface area contributed by atoms with Crippen molar-refractivity contribution in [1.29, 1.82) is 0 Å². The first-order valence-corrected chi connectivity index (χ1v) is 8.86. The first-order valence-electron chi connectivity index (χ1n) is 8.86. The van der Waals surface area contributed by atoms with Crippen LogP contribution in [0.4, 0.5) is 0 Å². The molecule has 4 rings (SSSR count). The Labute approximate surface area is 139 Å². The monoisotopic (exact) mass is 306 g/mol. The summed E-state index contributed by atoms with van der Waals surface area (Å²) in [6, 6.07) is 20.3. The van der Waals surface area contributed by atoms with E-state index in [4.69, 9.17) is 0 Å².